The second kappa shape index (κ2) is 16.6. The van der Waals surface area contributed by atoms with E-state index in [9.17, 15) is 4.79 Å². The van der Waals surface area contributed by atoms with Crippen molar-refractivity contribution < 1.29 is 4.79 Å². The van der Waals surface area contributed by atoms with Crippen molar-refractivity contribution in [3.8, 4) is 0 Å². The van der Waals surface area contributed by atoms with Crippen LogP contribution in [0.4, 0.5) is 4.79 Å². The first-order chi connectivity index (χ1) is 10.7. The van der Waals surface area contributed by atoms with Gasteiger partial charge in [-0.1, -0.05) is 90.4 Å². The van der Waals surface area contributed by atoms with Crippen molar-refractivity contribution in [1.82, 2.24) is 10.4 Å². The maximum Gasteiger partial charge on any atom is 0.345 e. The minimum atomic E-state index is -0.422. The molecule has 0 unspecified atom stereocenters. The van der Waals surface area contributed by atoms with Crippen LogP contribution in [-0.2, 0) is 0 Å². The number of rotatable bonds is 15. The molecule has 0 atom stereocenters. The molecule has 5 heteroatoms. The van der Waals surface area contributed by atoms with Gasteiger partial charge in [0.25, 0.3) is 0 Å². The molecule has 0 aliphatic heterocycles. The monoisotopic (exact) mass is 314 g/mol. The lowest BCUT2D eigenvalue weighted by molar-refractivity contribution is 0.198. The fourth-order valence-electron chi connectivity index (χ4n) is 2.66. The smallest absolute Gasteiger partial charge is 0.275 e. The van der Waals surface area contributed by atoms with Crippen molar-refractivity contribution in [2.24, 2.45) is 11.7 Å². The van der Waals surface area contributed by atoms with Gasteiger partial charge in [0.2, 0.25) is 0 Å². The number of hydrogen-bond donors (Lipinski definition) is 3. The maximum absolute atomic E-state index is 11.0. The second-order valence-corrected chi connectivity index (χ2v) is 6.24. The van der Waals surface area contributed by atoms with E-state index in [0.29, 0.717) is 6.54 Å². The Kier molecular flexibility index (Phi) is 15.9. The highest BCUT2D eigenvalue weighted by atomic mass is 16.2. The van der Waals surface area contributed by atoms with Crippen LogP contribution in [0, 0.1) is 0 Å². The summed E-state index contributed by atoms with van der Waals surface area (Å²) in [5.41, 5.74) is 2.03. The highest BCUT2D eigenvalue weighted by molar-refractivity contribution is 5.72. The van der Waals surface area contributed by atoms with Crippen LogP contribution in [0.25, 0.3) is 0 Å². The van der Waals surface area contributed by atoms with Crippen LogP contribution in [-0.4, -0.2) is 17.6 Å². The number of carbonyl (C=O) groups excluding carboxylic acids is 1. The molecule has 22 heavy (non-hydrogen) atoms. The summed E-state index contributed by atoms with van der Waals surface area (Å²) in [4.78, 5) is 11.0. The molecule has 5 N–H and O–H groups in total. The standard InChI is InChI=1S/C17H38N4O/c1-2-3-4-5-6-7-8-9-10-11-12-13-14-15-16-21(19)17(22)20-18/h2-16,18-19H2,1H3,(H,20,22). The first-order valence-corrected chi connectivity index (χ1v) is 9.25. The molecular weight excluding hydrogens is 276 g/mol. The number of hydrogen-bond acceptors (Lipinski definition) is 3. The third-order valence-electron chi connectivity index (χ3n) is 4.14. The van der Waals surface area contributed by atoms with Crippen molar-refractivity contribution in [1.29, 1.82) is 0 Å². The summed E-state index contributed by atoms with van der Waals surface area (Å²) < 4.78 is 0. The van der Waals surface area contributed by atoms with Crippen LogP contribution in [0.15, 0.2) is 0 Å². The van der Waals surface area contributed by atoms with Crippen LogP contribution in [0.1, 0.15) is 96.8 Å². The fraction of sp³-hybridized carbons (Fsp3) is 0.941. The molecule has 0 aliphatic carbocycles. The van der Waals surface area contributed by atoms with Gasteiger partial charge in [-0.2, -0.15) is 0 Å². The number of carbonyl (C=O) groups is 1. The average molecular weight is 315 g/mol. The lowest BCUT2D eigenvalue weighted by Crippen LogP contribution is -2.47. The Morgan fingerprint density at radius 2 is 1.14 bits per heavy atom. The maximum atomic E-state index is 11.0. The molecule has 5 nitrogen and oxygen atoms in total. The molecule has 0 aromatic heterocycles. The SMILES string of the molecule is CCCCCCCCCCCCCCCCN(N)C(=O)NN. The van der Waals surface area contributed by atoms with E-state index in [4.69, 9.17) is 11.7 Å². The van der Waals surface area contributed by atoms with Crippen molar-refractivity contribution in [2.75, 3.05) is 6.54 Å². The van der Waals surface area contributed by atoms with Gasteiger partial charge in [-0.15, -0.1) is 0 Å². The van der Waals surface area contributed by atoms with Crippen LogP contribution in [0.2, 0.25) is 0 Å². The fourth-order valence-corrected chi connectivity index (χ4v) is 2.66. The molecule has 0 radical (unpaired) electrons. The Labute approximate surface area is 137 Å². The predicted octanol–water partition coefficient (Wildman–Crippen LogP) is 4.23. The molecular formula is C17H38N4O. The Bertz CT molecular complexity index is 249. The summed E-state index contributed by atoms with van der Waals surface area (Å²) in [7, 11) is 0. The van der Waals surface area contributed by atoms with Gasteiger partial charge in [0.15, 0.2) is 0 Å². The molecule has 0 aromatic rings. The average Bonchev–Trinajstić information content (AvgIpc) is 2.54. The zero-order chi connectivity index (χ0) is 16.5. The van der Waals surface area contributed by atoms with Gasteiger partial charge >= 0.3 is 6.03 Å². The Hall–Kier alpha value is -0.810. The number of urea groups is 1. The molecule has 2 amide bonds. The number of nitrogens with one attached hydrogen (secondary N) is 1. The van der Waals surface area contributed by atoms with E-state index in [2.05, 4.69) is 6.92 Å². The first-order valence-electron chi connectivity index (χ1n) is 9.25. The van der Waals surface area contributed by atoms with Gasteiger partial charge in [0.05, 0.1) is 0 Å². The summed E-state index contributed by atoms with van der Waals surface area (Å²) in [5, 5.41) is 1.14. The van der Waals surface area contributed by atoms with E-state index in [1.54, 1.807) is 0 Å². The zero-order valence-electron chi connectivity index (χ0n) is 14.6. The second-order valence-electron chi connectivity index (χ2n) is 6.24. The van der Waals surface area contributed by atoms with Crippen LogP contribution in [0.3, 0.4) is 0 Å². The lowest BCUT2D eigenvalue weighted by Gasteiger charge is -2.15. The number of amides is 2. The molecule has 0 saturated heterocycles. The molecule has 132 valence electrons. The van der Waals surface area contributed by atoms with Gasteiger partial charge in [-0.3, -0.25) is 10.4 Å². The summed E-state index contributed by atoms with van der Waals surface area (Å²) in [6.07, 6.45) is 18.5. The van der Waals surface area contributed by atoms with E-state index in [1.807, 2.05) is 5.43 Å². The minimum absolute atomic E-state index is 0.422. The molecule has 0 rings (SSSR count). The highest BCUT2D eigenvalue weighted by Crippen LogP contribution is 2.12. The summed E-state index contributed by atoms with van der Waals surface area (Å²) >= 11 is 0. The molecule has 0 bridgehead atoms. The Morgan fingerprint density at radius 1 is 0.773 bits per heavy atom. The molecule has 0 fully saturated rings. The van der Waals surface area contributed by atoms with Crippen LogP contribution < -0.4 is 17.1 Å². The van der Waals surface area contributed by atoms with E-state index < -0.39 is 6.03 Å². The number of nitrogens with two attached hydrogens (primary N) is 2. The van der Waals surface area contributed by atoms with Crippen molar-refractivity contribution in [2.45, 2.75) is 96.8 Å². The van der Waals surface area contributed by atoms with Crippen LogP contribution in [0.5, 0.6) is 0 Å². The molecule has 0 aliphatic rings. The van der Waals surface area contributed by atoms with E-state index in [-0.39, 0.29) is 0 Å². The summed E-state index contributed by atoms with van der Waals surface area (Å²) in [6, 6.07) is -0.422. The normalized spacial score (nSPS) is 10.7. The minimum Gasteiger partial charge on any atom is -0.275 e. The third-order valence-corrected chi connectivity index (χ3v) is 4.14. The van der Waals surface area contributed by atoms with Gasteiger partial charge < -0.3 is 0 Å². The zero-order valence-corrected chi connectivity index (χ0v) is 14.6. The van der Waals surface area contributed by atoms with Crippen molar-refractivity contribution in [3.63, 3.8) is 0 Å². The first kappa shape index (κ1) is 21.2. The van der Waals surface area contributed by atoms with Gasteiger partial charge in [-0.25, -0.2) is 16.5 Å². The van der Waals surface area contributed by atoms with E-state index in [0.717, 1.165) is 17.9 Å². The third kappa shape index (κ3) is 14.1. The van der Waals surface area contributed by atoms with Crippen LogP contribution >= 0.6 is 0 Å². The Morgan fingerprint density at radius 3 is 1.50 bits per heavy atom. The lowest BCUT2D eigenvalue weighted by atomic mass is 10.0. The largest absolute Gasteiger partial charge is 0.345 e. The summed E-state index contributed by atoms with van der Waals surface area (Å²) in [5.74, 6) is 10.5. The molecule has 0 spiro atoms. The summed E-state index contributed by atoms with van der Waals surface area (Å²) in [6.45, 7) is 2.84. The van der Waals surface area contributed by atoms with Gasteiger partial charge in [-0.05, 0) is 6.42 Å². The quantitative estimate of drug-likeness (QED) is 0.183. The topological polar surface area (TPSA) is 84.4 Å². The molecule has 0 saturated carbocycles. The highest BCUT2D eigenvalue weighted by Gasteiger charge is 2.05. The van der Waals surface area contributed by atoms with Crippen molar-refractivity contribution >= 4 is 6.03 Å². The van der Waals surface area contributed by atoms with Gasteiger partial charge in [0.1, 0.15) is 0 Å². The van der Waals surface area contributed by atoms with Gasteiger partial charge in [0, 0.05) is 6.54 Å². The molecule has 0 aromatic carbocycles. The van der Waals surface area contributed by atoms with Crippen molar-refractivity contribution in [3.05, 3.63) is 0 Å². The van der Waals surface area contributed by atoms with E-state index >= 15 is 0 Å². The Balaban J connectivity index is 3.10. The molecule has 0 heterocycles. The predicted molar refractivity (Wildman–Crippen MR) is 93.9 cm³/mol. The number of unbranched alkanes of at least 4 members (excludes halogenated alkanes) is 13. The number of hydrazine groups is 2. The number of nitrogens with zero attached hydrogens (tertiary/aromatic N) is 1. The van der Waals surface area contributed by atoms with E-state index in [1.165, 1.54) is 77.0 Å².